The lowest BCUT2D eigenvalue weighted by Gasteiger charge is -2.29. The summed E-state index contributed by atoms with van der Waals surface area (Å²) in [6, 6.07) is 13.3. The maximum absolute atomic E-state index is 13.9. The van der Waals surface area contributed by atoms with Crippen molar-refractivity contribution in [2.24, 2.45) is 0 Å². The second-order valence-corrected chi connectivity index (χ2v) is 7.50. The van der Waals surface area contributed by atoms with Gasteiger partial charge in [-0.3, -0.25) is 9.59 Å². The van der Waals surface area contributed by atoms with Crippen LogP contribution >= 0.6 is 0 Å². The molecular formula is C23H26N2O4. The zero-order valence-corrected chi connectivity index (χ0v) is 16.9. The number of amides is 2. The Balaban J connectivity index is 1.86. The van der Waals surface area contributed by atoms with Gasteiger partial charge in [-0.05, 0) is 35.7 Å². The van der Waals surface area contributed by atoms with E-state index in [1.807, 2.05) is 47.4 Å². The molecule has 2 aromatic rings. The van der Waals surface area contributed by atoms with Crippen molar-refractivity contribution in [1.29, 1.82) is 0 Å². The third-order valence-corrected chi connectivity index (χ3v) is 5.82. The molecule has 2 heterocycles. The number of unbranched alkanes of at least 4 members (excludes halogenated alkanes) is 2. The van der Waals surface area contributed by atoms with Crippen LogP contribution in [0.3, 0.4) is 0 Å². The van der Waals surface area contributed by atoms with Crippen molar-refractivity contribution in [1.82, 2.24) is 5.32 Å². The average Bonchev–Trinajstić information content (AvgIpc) is 3.30. The van der Waals surface area contributed by atoms with E-state index < -0.39 is 5.41 Å². The van der Waals surface area contributed by atoms with Crippen LogP contribution in [0, 0.1) is 0 Å². The fraction of sp³-hybridized carbons (Fsp3) is 0.391. The lowest BCUT2D eigenvalue weighted by atomic mass is 9.72. The fourth-order valence-corrected chi connectivity index (χ4v) is 4.31. The Bertz CT molecular complexity index is 942. The number of benzene rings is 2. The Labute approximate surface area is 170 Å². The van der Waals surface area contributed by atoms with E-state index in [1.165, 1.54) is 0 Å². The molecule has 152 valence electrons. The molecule has 0 radical (unpaired) electrons. The summed E-state index contributed by atoms with van der Waals surface area (Å²) in [5, 5.41) is 2.69. The normalized spacial score (nSPS) is 19.4. The highest BCUT2D eigenvalue weighted by molar-refractivity contribution is 6.12. The molecule has 0 saturated heterocycles. The Morgan fingerprint density at radius 1 is 1.14 bits per heavy atom. The van der Waals surface area contributed by atoms with E-state index in [9.17, 15) is 9.59 Å². The van der Waals surface area contributed by atoms with Crippen LogP contribution < -0.4 is 19.7 Å². The van der Waals surface area contributed by atoms with Gasteiger partial charge in [0.2, 0.25) is 18.6 Å². The molecule has 1 N–H and O–H groups in total. The fourth-order valence-electron chi connectivity index (χ4n) is 4.31. The van der Waals surface area contributed by atoms with Gasteiger partial charge in [0.05, 0.1) is 0 Å². The molecule has 1 atom stereocenters. The van der Waals surface area contributed by atoms with E-state index >= 15 is 0 Å². The van der Waals surface area contributed by atoms with Gasteiger partial charge in [0.1, 0.15) is 5.41 Å². The molecule has 0 aliphatic carbocycles. The van der Waals surface area contributed by atoms with Gasteiger partial charge in [-0.15, -0.1) is 0 Å². The number of fused-ring (bicyclic) bond motifs is 2. The number of nitrogens with one attached hydrogen (secondary N) is 1. The van der Waals surface area contributed by atoms with Crippen LogP contribution in [0.25, 0.3) is 0 Å². The molecule has 1 unspecified atom stereocenters. The second kappa shape index (κ2) is 7.78. The van der Waals surface area contributed by atoms with Gasteiger partial charge in [-0.1, -0.05) is 44.0 Å². The number of anilines is 1. The van der Waals surface area contributed by atoms with Crippen molar-refractivity contribution in [3.63, 3.8) is 0 Å². The number of para-hydroxylation sites is 1. The summed E-state index contributed by atoms with van der Waals surface area (Å²) < 4.78 is 11.0. The minimum absolute atomic E-state index is 0.0449. The highest BCUT2D eigenvalue weighted by Crippen LogP contribution is 2.50. The molecule has 0 aromatic heterocycles. The monoisotopic (exact) mass is 394 g/mol. The van der Waals surface area contributed by atoms with E-state index in [4.69, 9.17) is 9.47 Å². The molecule has 29 heavy (non-hydrogen) atoms. The van der Waals surface area contributed by atoms with Crippen molar-refractivity contribution in [2.75, 3.05) is 25.3 Å². The van der Waals surface area contributed by atoms with Gasteiger partial charge < -0.3 is 19.7 Å². The number of carbonyl (C=O) groups is 2. The summed E-state index contributed by atoms with van der Waals surface area (Å²) in [6.45, 7) is 2.95. The van der Waals surface area contributed by atoms with Crippen LogP contribution in [0.5, 0.6) is 11.5 Å². The Morgan fingerprint density at radius 2 is 1.93 bits per heavy atom. The van der Waals surface area contributed by atoms with Gasteiger partial charge in [0.25, 0.3) is 0 Å². The van der Waals surface area contributed by atoms with E-state index in [0.29, 0.717) is 18.0 Å². The van der Waals surface area contributed by atoms with E-state index in [2.05, 4.69) is 12.2 Å². The largest absolute Gasteiger partial charge is 0.454 e. The number of hydrogen-bond donors (Lipinski definition) is 1. The first kappa shape index (κ1) is 19.3. The molecule has 0 saturated carbocycles. The van der Waals surface area contributed by atoms with Gasteiger partial charge in [-0.2, -0.15) is 0 Å². The lowest BCUT2D eigenvalue weighted by molar-refractivity contribution is -0.128. The molecule has 0 fully saturated rings. The molecule has 6 heteroatoms. The Morgan fingerprint density at radius 3 is 2.72 bits per heavy atom. The minimum atomic E-state index is -1.08. The molecule has 4 rings (SSSR count). The molecular weight excluding hydrogens is 368 g/mol. The second-order valence-electron chi connectivity index (χ2n) is 7.50. The lowest BCUT2D eigenvalue weighted by Crippen LogP contribution is -2.44. The summed E-state index contributed by atoms with van der Waals surface area (Å²) in [4.78, 5) is 28.3. The van der Waals surface area contributed by atoms with E-state index in [0.717, 1.165) is 36.1 Å². The van der Waals surface area contributed by atoms with Crippen LogP contribution in [0.1, 0.15) is 43.7 Å². The number of nitrogens with zero attached hydrogens (tertiary/aromatic N) is 1. The average molecular weight is 394 g/mol. The molecule has 0 spiro atoms. The first-order chi connectivity index (χ1) is 14.1. The highest BCUT2D eigenvalue weighted by Gasteiger charge is 2.53. The van der Waals surface area contributed by atoms with Gasteiger partial charge in [0.15, 0.2) is 11.5 Å². The summed E-state index contributed by atoms with van der Waals surface area (Å²) in [7, 11) is 1.60. The third kappa shape index (κ3) is 3.12. The van der Waals surface area contributed by atoms with Crippen molar-refractivity contribution in [2.45, 2.75) is 38.0 Å². The zero-order valence-electron chi connectivity index (χ0n) is 16.9. The number of hydrogen-bond acceptors (Lipinski definition) is 4. The highest BCUT2D eigenvalue weighted by atomic mass is 16.7. The number of rotatable bonds is 7. The van der Waals surface area contributed by atoms with Crippen LogP contribution in [0.2, 0.25) is 0 Å². The first-order valence-corrected chi connectivity index (χ1v) is 10.1. The number of carbonyl (C=O) groups excluding carboxylic acids is 2. The van der Waals surface area contributed by atoms with E-state index in [1.54, 1.807) is 7.05 Å². The van der Waals surface area contributed by atoms with Crippen LogP contribution in [0.15, 0.2) is 42.5 Å². The van der Waals surface area contributed by atoms with Gasteiger partial charge in [-0.25, -0.2) is 0 Å². The summed E-state index contributed by atoms with van der Waals surface area (Å²) in [6.07, 6.45) is 3.10. The quantitative estimate of drug-likeness (QED) is 0.731. The zero-order chi connectivity index (χ0) is 20.4. The van der Waals surface area contributed by atoms with Crippen LogP contribution in [-0.2, 0) is 15.0 Å². The SMILES string of the molecule is CCCCCN1C(=O)C(CC(=O)NC)(c2ccc3c(c2)OCO3)c2ccccc21. The molecule has 2 aliphatic rings. The number of ether oxygens (including phenoxy) is 2. The first-order valence-electron chi connectivity index (χ1n) is 10.1. The van der Waals surface area contributed by atoms with Crippen molar-refractivity contribution in [3.8, 4) is 11.5 Å². The standard InChI is InChI=1S/C23H26N2O4/c1-3-4-7-12-25-18-9-6-5-8-17(18)23(22(25)27,14-21(26)24-2)16-10-11-19-20(13-16)29-15-28-19/h5-6,8-11,13H,3-4,7,12,14-15H2,1-2H3,(H,24,26). The van der Waals surface area contributed by atoms with Crippen LogP contribution in [0.4, 0.5) is 5.69 Å². The van der Waals surface area contributed by atoms with Crippen molar-refractivity contribution < 1.29 is 19.1 Å². The summed E-state index contributed by atoms with van der Waals surface area (Å²) in [5.41, 5.74) is 1.42. The molecule has 6 nitrogen and oxygen atoms in total. The Hall–Kier alpha value is -3.02. The minimum Gasteiger partial charge on any atom is -0.454 e. The Kier molecular flexibility index (Phi) is 5.18. The predicted molar refractivity (Wildman–Crippen MR) is 110 cm³/mol. The molecule has 0 bridgehead atoms. The molecule has 2 aromatic carbocycles. The maximum Gasteiger partial charge on any atom is 0.242 e. The smallest absolute Gasteiger partial charge is 0.242 e. The van der Waals surface area contributed by atoms with Crippen molar-refractivity contribution in [3.05, 3.63) is 53.6 Å². The molecule has 2 aliphatic heterocycles. The summed E-state index contributed by atoms with van der Waals surface area (Å²) >= 11 is 0. The van der Waals surface area contributed by atoms with E-state index in [-0.39, 0.29) is 25.0 Å². The van der Waals surface area contributed by atoms with Gasteiger partial charge in [0, 0.05) is 25.7 Å². The van der Waals surface area contributed by atoms with Crippen molar-refractivity contribution >= 4 is 17.5 Å². The summed E-state index contributed by atoms with van der Waals surface area (Å²) in [5.74, 6) is 1.02. The topological polar surface area (TPSA) is 67.9 Å². The van der Waals surface area contributed by atoms with Gasteiger partial charge >= 0.3 is 0 Å². The van der Waals surface area contributed by atoms with Crippen LogP contribution in [-0.4, -0.2) is 32.2 Å². The third-order valence-electron chi connectivity index (χ3n) is 5.82. The predicted octanol–water partition coefficient (Wildman–Crippen LogP) is 3.37. The maximum atomic E-state index is 13.9. The molecule has 2 amide bonds.